The molecule has 0 radical (unpaired) electrons. The van der Waals surface area contributed by atoms with Crippen LogP contribution in [0.3, 0.4) is 0 Å². The Kier molecular flexibility index (Phi) is 5.22. The Hall–Kier alpha value is -2.42. The van der Waals surface area contributed by atoms with Gasteiger partial charge in [0.15, 0.2) is 11.5 Å². The Morgan fingerprint density at radius 1 is 1.10 bits per heavy atom. The monoisotopic (exact) mass is 456 g/mol. The first-order valence-corrected chi connectivity index (χ1v) is 10.4. The van der Waals surface area contributed by atoms with Gasteiger partial charge >= 0.3 is 0 Å². The molecule has 2 aliphatic rings. The Morgan fingerprint density at radius 2 is 2.00 bits per heavy atom. The number of hydrogen-bond donors (Lipinski definition) is 1. The van der Waals surface area contributed by atoms with E-state index in [-0.39, 0.29) is 6.10 Å². The zero-order chi connectivity index (χ0) is 19.6. The molecule has 150 valence electrons. The van der Waals surface area contributed by atoms with Crippen molar-refractivity contribution in [3.05, 3.63) is 47.2 Å². The van der Waals surface area contributed by atoms with Crippen molar-refractivity contribution in [3.63, 3.8) is 0 Å². The summed E-state index contributed by atoms with van der Waals surface area (Å²) in [6.07, 6.45) is 1.55. The predicted octanol–water partition coefficient (Wildman–Crippen LogP) is 3.61. The molecule has 0 bridgehead atoms. The molecule has 7 nitrogen and oxygen atoms in total. The molecule has 0 spiro atoms. The van der Waals surface area contributed by atoms with Gasteiger partial charge in [0.05, 0.1) is 18.7 Å². The molecule has 0 amide bonds. The minimum Gasteiger partial charge on any atom is -0.486 e. The maximum atomic E-state index is 6.27. The zero-order valence-corrected chi connectivity index (χ0v) is 17.4. The molecular weight excluding hydrogens is 436 g/mol. The average Bonchev–Trinajstić information content (AvgIpc) is 2.74. The molecule has 1 N–H and O–H groups in total. The number of rotatable bonds is 4. The summed E-state index contributed by atoms with van der Waals surface area (Å²) in [5, 5.41) is 4.26. The lowest BCUT2D eigenvalue weighted by Gasteiger charge is -2.33. The molecule has 1 aromatic heterocycles. The molecule has 3 aromatic rings. The first-order chi connectivity index (χ1) is 14.2. The third kappa shape index (κ3) is 4.14. The van der Waals surface area contributed by atoms with Crippen molar-refractivity contribution in [2.45, 2.75) is 6.10 Å². The summed E-state index contributed by atoms with van der Waals surface area (Å²) in [6, 6.07) is 11.9. The summed E-state index contributed by atoms with van der Waals surface area (Å²) in [4.78, 5) is 11.2. The van der Waals surface area contributed by atoms with Crippen LogP contribution < -0.4 is 14.8 Å². The van der Waals surface area contributed by atoms with Crippen molar-refractivity contribution in [1.29, 1.82) is 0 Å². The van der Waals surface area contributed by atoms with E-state index in [1.165, 1.54) is 0 Å². The molecule has 0 aliphatic carbocycles. The second-order valence-corrected chi connectivity index (χ2v) is 8.05. The average molecular weight is 457 g/mol. The van der Waals surface area contributed by atoms with Crippen LogP contribution in [0.25, 0.3) is 10.9 Å². The van der Waals surface area contributed by atoms with Gasteiger partial charge in [0.25, 0.3) is 0 Å². The van der Waals surface area contributed by atoms with Crippen molar-refractivity contribution in [2.24, 2.45) is 0 Å². The molecule has 1 unspecified atom stereocenters. The predicted molar refractivity (Wildman–Crippen MR) is 114 cm³/mol. The molecular formula is C21H21BrN4O3. The number of benzene rings is 2. The van der Waals surface area contributed by atoms with Crippen LogP contribution in [0.1, 0.15) is 0 Å². The summed E-state index contributed by atoms with van der Waals surface area (Å²) < 4.78 is 18.7. The van der Waals surface area contributed by atoms with Gasteiger partial charge in [-0.15, -0.1) is 0 Å². The highest BCUT2D eigenvalue weighted by Crippen LogP contribution is 2.37. The van der Waals surface area contributed by atoms with Crippen LogP contribution in [0.5, 0.6) is 11.5 Å². The summed E-state index contributed by atoms with van der Waals surface area (Å²) in [5.41, 5.74) is 1.76. The van der Waals surface area contributed by atoms with E-state index in [1.807, 2.05) is 36.4 Å². The van der Waals surface area contributed by atoms with Gasteiger partial charge in [0, 0.05) is 41.2 Å². The second-order valence-electron chi connectivity index (χ2n) is 7.14. The topological polar surface area (TPSA) is 68.7 Å². The van der Waals surface area contributed by atoms with Gasteiger partial charge < -0.3 is 19.5 Å². The van der Waals surface area contributed by atoms with E-state index in [2.05, 4.69) is 36.1 Å². The fourth-order valence-electron chi connectivity index (χ4n) is 3.63. The first-order valence-electron chi connectivity index (χ1n) is 9.65. The van der Waals surface area contributed by atoms with Crippen molar-refractivity contribution in [3.8, 4) is 11.5 Å². The number of nitrogens with one attached hydrogen (secondary N) is 1. The molecule has 3 heterocycles. The van der Waals surface area contributed by atoms with E-state index in [4.69, 9.17) is 14.2 Å². The van der Waals surface area contributed by atoms with Gasteiger partial charge in [0.2, 0.25) is 0 Å². The van der Waals surface area contributed by atoms with Gasteiger partial charge in [-0.2, -0.15) is 0 Å². The van der Waals surface area contributed by atoms with Crippen LogP contribution in [-0.4, -0.2) is 60.4 Å². The van der Waals surface area contributed by atoms with Crippen molar-refractivity contribution < 1.29 is 14.2 Å². The van der Waals surface area contributed by atoms with Crippen LogP contribution in [-0.2, 0) is 4.74 Å². The molecule has 8 heteroatoms. The molecule has 5 rings (SSSR count). The molecule has 2 aromatic carbocycles. The van der Waals surface area contributed by atoms with Crippen molar-refractivity contribution in [2.75, 3.05) is 44.8 Å². The van der Waals surface area contributed by atoms with E-state index in [1.54, 1.807) is 6.33 Å². The number of nitrogens with zero attached hydrogens (tertiary/aromatic N) is 3. The van der Waals surface area contributed by atoms with Crippen LogP contribution >= 0.6 is 15.9 Å². The number of fused-ring (bicyclic) bond motifs is 2. The number of hydrogen-bond acceptors (Lipinski definition) is 7. The summed E-state index contributed by atoms with van der Waals surface area (Å²) in [5.74, 6) is 2.19. The normalized spacial score (nSPS) is 19.3. The van der Waals surface area contributed by atoms with Gasteiger partial charge in [-0.25, -0.2) is 9.97 Å². The standard InChI is InChI=1S/C21H21BrN4O3/c22-14-2-1-3-15(8-14)25-21-17-9-20-19(10-18(17)23-13-24-21)28-12-16(29-20)11-26-4-6-27-7-5-26/h1-3,8-10,13,16H,4-7,11-12H2,(H,23,24,25). The summed E-state index contributed by atoms with van der Waals surface area (Å²) in [6.45, 7) is 4.77. The number of halogens is 1. The Balaban J connectivity index is 1.41. The zero-order valence-electron chi connectivity index (χ0n) is 15.8. The smallest absolute Gasteiger partial charge is 0.163 e. The highest BCUT2D eigenvalue weighted by molar-refractivity contribution is 9.10. The minimum atomic E-state index is -0.0100. The van der Waals surface area contributed by atoms with E-state index in [0.29, 0.717) is 6.61 Å². The second kappa shape index (κ2) is 8.14. The number of morpholine rings is 1. The van der Waals surface area contributed by atoms with Crippen molar-refractivity contribution >= 4 is 38.3 Å². The van der Waals surface area contributed by atoms with E-state index in [9.17, 15) is 0 Å². The van der Waals surface area contributed by atoms with Gasteiger partial charge in [0.1, 0.15) is 24.9 Å². The fraction of sp³-hybridized carbons (Fsp3) is 0.333. The summed E-state index contributed by atoms with van der Waals surface area (Å²) in [7, 11) is 0. The van der Waals surface area contributed by atoms with Crippen LogP contribution in [0.4, 0.5) is 11.5 Å². The number of aromatic nitrogens is 2. The molecule has 1 fully saturated rings. The minimum absolute atomic E-state index is 0.0100. The maximum absolute atomic E-state index is 6.27. The van der Waals surface area contributed by atoms with E-state index >= 15 is 0 Å². The summed E-state index contributed by atoms with van der Waals surface area (Å²) >= 11 is 3.50. The third-order valence-electron chi connectivity index (χ3n) is 5.07. The molecule has 2 aliphatic heterocycles. The fourth-order valence-corrected chi connectivity index (χ4v) is 4.03. The van der Waals surface area contributed by atoms with Crippen LogP contribution in [0.15, 0.2) is 47.2 Å². The first kappa shape index (κ1) is 18.6. The van der Waals surface area contributed by atoms with Crippen molar-refractivity contribution in [1.82, 2.24) is 14.9 Å². The number of ether oxygens (including phenoxy) is 3. The quantitative estimate of drug-likeness (QED) is 0.642. The molecule has 29 heavy (non-hydrogen) atoms. The molecule has 1 atom stereocenters. The largest absolute Gasteiger partial charge is 0.486 e. The highest BCUT2D eigenvalue weighted by atomic mass is 79.9. The highest BCUT2D eigenvalue weighted by Gasteiger charge is 2.25. The SMILES string of the molecule is Brc1cccc(Nc2ncnc3cc4c(cc23)OC(CN2CCOCC2)CO4)c1. The number of anilines is 2. The van der Waals surface area contributed by atoms with E-state index in [0.717, 1.165) is 71.2 Å². The molecule has 0 saturated carbocycles. The third-order valence-corrected chi connectivity index (χ3v) is 5.57. The van der Waals surface area contributed by atoms with Gasteiger partial charge in [-0.1, -0.05) is 22.0 Å². The Labute approximate surface area is 177 Å². The lowest BCUT2D eigenvalue weighted by atomic mass is 10.1. The van der Waals surface area contributed by atoms with Gasteiger partial charge in [-0.05, 0) is 24.3 Å². The lowest BCUT2D eigenvalue weighted by molar-refractivity contribution is 0.00322. The lowest BCUT2D eigenvalue weighted by Crippen LogP contribution is -2.45. The van der Waals surface area contributed by atoms with Crippen LogP contribution in [0.2, 0.25) is 0 Å². The van der Waals surface area contributed by atoms with E-state index < -0.39 is 0 Å². The Bertz CT molecular complexity index is 1030. The maximum Gasteiger partial charge on any atom is 0.163 e. The van der Waals surface area contributed by atoms with Gasteiger partial charge in [-0.3, -0.25) is 4.90 Å². The van der Waals surface area contributed by atoms with Crippen LogP contribution in [0, 0.1) is 0 Å². The molecule has 1 saturated heterocycles. The Morgan fingerprint density at radius 3 is 2.86 bits per heavy atom.